The summed E-state index contributed by atoms with van der Waals surface area (Å²) < 4.78 is 53.5. The average molecular weight is 358 g/mol. The zero-order valence-electron chi connectivity index (χ0n) is 13.2. The van der Waals surface area contributed by atoms with Crippen molar-refractivity contribution in [1.29, 1.82) is 0 Å². The largest absolute Gasteiger partial charge is 0.337 e. The van der Waals surface area contributed by atoms with E-state index in [4.69, 9.17) is 0 Å². The van der Waals surface area contributed by atoms with Gasteiger partial charge in [-0.05, 0) is 31.2 Å². The summed E-state index contributed by atoms with van der Waals surface area (Å²) in [6, 6.07) is 5.47. The summed E-state index contributed by atoms with van der Waals surface area (Å²) in [7, 11) is -2.82. The van der Waals surface area contributed by atoms with Crippen LogP contribution in [-0.2, 0) is 27.1 Å². The van der Waals surface area contributed by atoms with Crippen LogP contribution in [0.2, 0.25) is 0 Å². The fourth-order valence-corrected chi connectivity index (χ4v) is 3.77. The van der Waals surface area contributed by atoms with Gasteiger partial charge in [-0.15, -0.1) is 0 Å². The number of aromatic nitrogens is 2. The minimum Gasteiger partial charge on any atom is -0.337 e. The van der Waals surface area contributed by atoms with Crippen molar-refractivity contribution in [1.82, 2.24) is 13.9 Å². The van der Waals surface area contributed by atoms with E-state index in [1.54, 1.807) is 18.5 Å². The minimum atomic E-state index is -3.82. The Morgan fingerprint density at radius 2 is 1.65 bits per heavy atom. The van der Waals surface area contributed by atoms with Gasteiger partial charge in [-0.1, -0.05) is 0 Å². The highest BCUT2D eigenvalue weighted by Crippen LogP contribution is 2.19. The molecule has 23 heavy (non-hydrogen) atoms. The Balaban J connectivity index is 2.28. The Labute approximate surface area is 135 Å². The number of hydrogen-bond acceptors (Lipinski definition) is 5. The zero-order chi connectivity index (χ0) is 17.4. The molecule has 1 aromatic carbocycles. The number of sulfonamides is 2. The molecule has 0 atom stereocenters. The standard InChI is InChI=1S/C13H18N4O4S2/c1-10-14-13(9-17(10)4)22(18,19)15-11-5-7-12(8-6-11)23(20,21)16(2)3/h5-9,15H,1-4H3. The molecule has 10 heteroatoms. The molecular weight excluding hydrogens is 340 g/mol. The maximum Gasteiger partial charge on any atom is 0.280 e. The monoisotopic (exact) mass is 358 g/mol. The summed E-state index contributed by atoms with van der Waals surface area (Å²) in [5.74, 6) is 0.567. The van der Waals surface area contributed by atoms with Crippen LogP contribution in [0, 0.1) is 6.92 Å². The van der Waals surface area contributed by atoms with Crippen molar-refractivity contribution >= 4 is 25.7 Å². The SMILES string of the molecule is Cc1nc(S(=O)(=O)Nc2ccc(S(=O)(=O)N(C)C)cc2)cn1C. The van der Waals surface area contributed by atoms with Gasteiger partial charge in [0.15, 0.2) is 5.03 Å². The first-order valence-electron chi connectivity index (χ1n) is 6.59. The second kappa shape index (κ2) is 5.95. The quantitative estimate of drug-likeness (QED) is 0.851. The number of nitrogens with zero attached hydrogens (tertiary/aromatic N) is 3. The lowest BCUT2D eigenvalue weighted by Crippen LogP contribution is -2.22. The van der Waals surface area contributed by atoms with Crippen LogP contribution in [0.5, 0.6) is 0 Å². The summed E-state index contributed by atoms with van der Waals surface area (Å²) in [5.41, 5.74) is 0.256. The maximum absolute atomic E-state index is 12.2. The van der Waals surface area contributed by atoms with E-state index in [2.05, 4.69) is 9.71 Å². The third-order valence-corrected chi connectivity index (χ3v) is 6.33. The molecule has 2 rings (SSSR count). The molecule has 0 bridgehead atoms. The molecule has 1 aromatic heterocycles. The van der Waals surface area contributed by atoms with Gasteiger partial charge in [0.25, 0.3) is 10.0 Å². The molecule has 8 nitrogen and oxygen atoms in total. The molecule has 0 amide bonds. The molecule has 1 heterocycles. The average Bonchev–Trinajstić information content (AvgIpc) is 2.79. The van der Waals surface area contributed by atoms with Gasteiger partial charge in [-0.25, -0.2) is 17.7 Å². The van der Waals surface area contributed by atoms with Gasteiger partial charge in [0.05, 0.1) is 4.90 Å². The van der Waals surface area contributed by atoms with Gasteiger partial charge < -0.3 is 4.57 Å². The molecular formula is C13H18N4O4S2. The first-order valence-corrected chi connectivity index (χ1v) is 9.52. The van der Waals surface area contributed by atoms with Crippen LogP contribution < -0.4 is 4.72 Å². The number of aryl methyl sites for hydroxylation is 2. The molecule has 0 aliphatic carbocycles. The Bertz CT molecular complexity index is 894. The van der Waals surface area contributed by atoms with E-state index < -0.39 is 20.0 Å². The van der Waals surface area contributed by atoms with Gasteiger partial charge in [0, 0.05) is 33.0 Å². The first-order chi connectivity index (χ1) is 10.5. The second-order valence-corrected chi connectivity index (χ2v) is 8.94. The highest BCUT2D eigenvalue weighted by atomic mass is 32.2. The van der Waals surface area contributed by atoms with Crippen LogP contribution >= 0.6 is 0 Å². The third kappa shape index (κ3) is 3.54. The minimum absolute atomic E-state index is 0.0825. The molecule has 0 fully saturated rings. The van der Waals surface area contributed by atoms with Crippen molar-refractivity contribution in [2.75, 3.05) is 18.8 Å². The molecule has 2 aromatic rings. The zero-order valence-corrected chi connectivity index (χ0v) is 14.8. The van der Waals surface area contributed by atoms with Gasteiger partial charge in [0.2, 0.25) is 10.0 Å². The van der Waals surface area contributed by atoms with Crippen molar-refractivity contribution in [3.63, 3.8) is 0 Å². The fraction of sp³-hybridized carbons (Fsp3) is 0.308. The number of imidazole rings is 1. The number of rotatable bonds is 5. The van der Waals surface area contributed by atoms with E-state index in [0.29, 0.717) is 5.82 Å². The van der Waals surface area contributed by atoms with Gasteiger partial charge >= 0.3 is 0 Å². The molecule has 0 saturated heterocycles. The van der Waals surface area contributed by atoms with Crippen LogP contribution in [-0.4, -0.2) is 44.8 Å². The predicted octanol–water partition coefficient (Wildman–Crippen LogP) is 0.780. The summed E-state index contributed by atoms with van der Waals surface area (Å²) in [4.78, 5) is 4.05. The van der Waals surface area contributed by atoms with E-state index in [1.807, 2.05) is 0 Å². The van der Waals surface area contributed by atoms with Crippen molar-refractivity contribution in [2.45, 2.75) is 16.8 Å². The van der Waals surface area contributed by atoms with E-state index in [1.165, 1.54) is 44.6 Å². The highest BCUT2D eigenvalue weighted by Gasteiger charge is 2.20. The Kier molecular flexibility index (Phi) is 4.51. The lowest BCUT2D eigenvalue weighted by atomic mass is 10.3. The smallest absolute Gasteiger partial charge is 0.280 e. The molecule has 126 valence electrons. The van der Waals surface area contributed by atoms with E-state index in [-0.39, 0.29) is 15.6 Å². The van der Waals surface area contributed by atoms with Gasteiger partial charge in [0.1, 0.15) is 5.82 Å². The molecule has 0 spiro atoms. The molecule has 1 N–H and O–H groups in total. The van der Waals surface area contributed by atoms with E-state index in [0.717, 1.165) is 4.31 Å². The number of nitrogens with one attached hydrogen (secondary N) is 1. The lowest BCUT2D eigenvalue weighted by Gasteiger charge is -2.12. The molecule has 0 aliphatic heterocycles. The van der Waals surface area contributed by atoms with Crippen LogP contribution in [0.25, 0.3) is 0 Å². The third-order valence-electron chi connectivity index (χ3n) is 3.25. The summed E-state index contributed by atoms with van der Waals surface area (Å²) >= 11 is 0. The Morgan fingerprint density at radius 1 is 1.09 bits per heavy atom. The fourth-order valence-electron chi connectivity index (χ4n) is 1.77. The Morgan fingerprint density at radius 3 is 2.09 bits per heavy atom. The van der Waals surface area contributed by atoms with Gasteiger partial charge in [-0.2, -0.15) is 8.42 Å². The van der Waals surface area contributed by atoms with Crippen LogP contribution in [0.3, 0.4) is 0 Å². The van der Waals surface area contributed by atoms with Crippen molar-refractivity contribution in [3.05, 3.63) is 36.3 Å². The van der Waals surface area contributed by atoms with E-state index >= 15 is 0 Å². The highest BCUT2D eigenvalue weighted by molar-refractivity contribution is 7.92. The van der Waals surface area contributed by atoms with Crippen molar-refractivity contribution in [2.24, 2.45) is 7.05 Å². The maximum atomic E-state index is 12.2. The number of hydrogen-bond donors (Lipinski definition) is 1. The molecule has 0 radical (unpaired) electrons. The molecule has 0 aliphatic rings. The number of anilines is 1. The van der Waals surface area contributed by atoms with E-state index in [9.17, 15) is 16.8 Å². The van der Waals surface area contributed by atoms with Gasteiger partial charge in [-0.3, -0.25) is 4.72 Å². The number of benzene rings is 1. The predicted molar refractivity (Wildman–Crippen MR) is 86.1 cm³/mol. The topological polar surface area (TPSA) is 101 Å². The van der Waals surface area contributed by atoms with Crippen molar-refractivity contribution in [3.8, 4) is 0 Å². The molecule has 0 saturated carbocycles. The summed E-state index contributed by atoms with van der Waals surface area (Å²) in [6.45, 7) is 1.69. The lowest BCUT2D eigenvalue weighted by molar-refractivity contribution is 0.521. The second-order valence-electron chi connectivity index (χ2n) is 5.15. The van der Waals surface area contributed by atoms with Crippen LogP contribution in [0.1, 0.15) is 5.82 Å². The van der Waals surface area contributed by atoms with Crippen LogP contribution in [0.4, 0.5) is 5.69 Å². The normalized spacial score (nSPS) is 12.6. The Hall–Kier alpha value is -1.91. The summed E-state index contributed by atoms with van der Waals surface area (Å²) in [6.07, 6.45) is 1.41. The summed E-state index contributed by atoms with van der Waals surface area (Å²) in [5, 5.41) is -0.0949. The van der Waals surface area contributed by atoms with Crippen molar-refractivity contribution < 1.29 is 16.8 Å². The van der Waals surface area contributed by atoms with Crippen LogP contribution in [0.15, 0.2) is 40.4 Å². The molecule has 0 unspecified atom stereocenters. The first kappa shape index (κ1) is 17.4.